The summed E-state index contributed by atoms with van der Waals surface area (Å²) in [5.74, 6) is -0.0546. The average molecular weight is 501 g/mol. The Morgan fingerprint density at radius 2 is 1.64 bits per heavy atom. The maximum atomic E-state index is 13.7. The van der Waals surface area contributed by atoms with Gasteiger partial charge in [-0.1, -0.05) is 35.9 Å². The van der Waals surface area contributed by atoms with Crippen molar-refractivity contribution < 1.29 is 10.2 Å². The number of hydrogen-bond donors (Lipinski definition) is 3. The van der Waals surface area contributed by atoms with Crippen molar-refractivity contribution in [2.75, 3.05) is 5.32 Å². The minimum atomic E-state index is -0.687. The first-order valence-corrected chi connectivity index (χ1v) is 11.6. The van der Waals surface area contributed by atoms with Crippen LogP contribution in [-0.2, 0) is 14.1 Å². The zero-order valence-corrected chi connectivity index (χ0v) is 20.1. The lowest BCUT2D eigenvalue weighted by Gasteiger charge is -2.31. The fourth-order valence-electron chi connectivity index (χ4n) is 5.11. The van der Waals surface area contributed by atoms with Crippen molar-refractivity contribution in [2.24, 2.45) is 14.1 Å². The van der Waals surface area contributed by atoms with Crippen LogP contribution in [0.2, 0.25) is 5.02 Å². The van der Waals surface area contributed by atoms with Gasteiger partial charge in [0.05, 0.1) is 39.7 Å². The van der Waals surface area contributed by atoms with E-state index in [2.05, 4.69) is 5.32 Å². The van der Waals surface area contributed by atoms with E-state index in [0.717, 1.165) is 21.5 Å². The van der Waals surface area contributed by atoms with Crippen LogP contribution in [0.25, 0.3) is 27.8 Å². The number of phenolic OH excluding ortho intramolecular Hbond substituents is 2. The van der Waals surface area contributed by atoms with Gasteiger partial charge in [-0.3, -0.25) is 13.9 Å². The molecular formula is C27H21ClN4O4. The Labute approximate surface area is 209 Å². The zero-order chi connectivity index (χ0) is 25.3. The number of halogens is 1. The quantitative estimate of drug-likeness (QED) is 0.314. The third-order valence-electron chi connectivity index (χ3n) is 6.77. The molecule has 1 atom stereocenters. The number of nitrogens with zero attached hydrogens (tertiary/aromatic N) is 3. The summed E-state index contributed by atoms with van der Waals surface area (Å²) >= 11 is 6.17. The molecule has 0 saturated heterocycles. The molecule has 5 aromatic rings. The second-order valence-corrected chi connectivity index (χ2v) is 9.28. The third-order valence-corrected chi connectivity index (χ3v) is 7.02. The van der Waals surface area contributed by atoms with E-state index in [9.17, 15) is 19.8 Å². The second-order valence-electron chi connectivity index (χ2n) is 8.84. The Hall–Kier alpha value is -4.43. The lowest BCUT2D eigenvalue weighted by atomic mass is 9.98. The average Bonchev–Trinajstić information content (AvgIpc) is 3.24. The highest BCUT2D eigenvalue weighted by atomic mass is 35.5. The topological polar surface area (TPSA) is 101 Å². The molecule has 0 bridgehead atoms. The molecule has 3 N–H and O–H groups in total. The number of anilines is 1. The number of rotatable bonds is 2. The van der Waals surface area contributed by atoms with E-state index in [-0.39, 0.29) is 11.5 Å². The third kappa shape index (κ3) is 3.01. The Bertz CT molecular complexity index is 1820. The Kier molecular flexibility index (Phi) is 4.77. The summed E-state index contributed by atoms with van der Waals surface area (Å²) < 4.78 is 4.49. The number of fused-ring (bicyclic) bond motifs is 5. The summed E-state index contributed by atoms with van der Waals surface area (Å²) in [5.41, 5.74) is 3.40. The fourth-order valence-corrected chi connectivity index (χ4v) is 5.23. The maximum Gasteiger partial charge on any atom is 0.331 e. The van der Waals surface area contributed by atoms with Gasteiger partial charge in [0, 0.05) is 24.7 Å². The summed E-state index contributed by atoms with van der Waals surface area (Å²) in [6.07, 6.45) is 0. The van der Waals surface area contributed by atoms with Crippen LogP contribution < -0.4 is 16.6 Å². The van der Waals surface area contributed by atoms with Gasteiger partial charge < -0.3 is 20.1 Å². The van der Waals surface area contributed by atoms with E-state index in [4.69, 9.17) is 11.6 Å². The van der Waals surface area contributed by atoms with Crippen LogP contribution in [0, 0.1) is 0 Å². The predicted molar refractivity (Wildman–Crippen MR) is 139 cm³/mol. The zero-order valence-electron chi connectivity index (χ0n) is 19.4. The molecule has 0 amide bonds. The number of benzene rings is 3. The normalized spacial score (nSPS) is 14.4. The van der Waals surface area contributed by atoms with Crippen molar-refractivity contribution in [1.29, 1.82) is 0 Å². The molecule has 0 spiro atoms. The van der Waals surface area contributed by atoms with Gasteiger partial charge in [0.25, 0.3) is 5.56 Å². The van der Waals surface area contributed by atoms with Crippen molar-refractivity contribution in [3.8, 4) is 28.4 Å². The van der Waals surface area contributed by atoms with Gasteiger partial charge in [-0.25, -0.2) is 4.79 Å². The maximum absolute atomic E-state index is 13.7. The van der Waals surface area contributed by atoms with E-state index in [0.29, 0.717) is 32.9 Å². The Balaban J connectivity index is 1.87. The highest BCUT2D eigenvalue weighted by Crippen LogP contribution is 2.47. The largest absolute Gasteiger partial charge is 0.508 e. The van der Waals surface area contributed by atoms with E-state index in [1.165, 1.54) is 29.8 Å². The molecule has 9 heteroatoms. The fraction of sp³-hybridized carbons (Fsp3) is 0.111. The number of aromatic hydroxyl groups is 2. The smallest absolute Gasteiger partial charge is 0.331 e. The van der Waals surface area contributed by atoms with Crippen LogP contribution in [0.3, 0.4) is 0 Å². The second kappa shape index (κ2) is 7.79. The number of nitrogens with one attached hydrogen (secondary N) is 1. The Morgan fingerprint density at radius 1 is 0.917 bits per heavy atom. The molecule has 8 nitrogen and oxygen atoms in total. The van der Waals surface area contributed by atoms with Crippen LogP contribution in [0.1, 0.15) is 17.3 Å². The first kappa shape index (κ1) is 22.1. The van der Waals surface area contributed by atoms with Crippen LogP contribution in [0.4, 0.5) is 5.69 Å². The minimum absolute atomic E-state index is 0.0198. The molecule has 0 fully saturated rings. The Morgan fingerprint density at radius 3 is 2.39 bits per heavy atom. The molecule has 0 aliphatic carbocycles. The molecular weight excluding hydrogens is 480 g/mol. The molecule has 180 valence electrons. The molecule has 0 radical (unpaired) electrons. The monoisotopic (exact) mass is 500 g/mol. The molecule has 36 heavy (non-hydrogen) atoms. The lowest BCUT2D eigenvalue weighted by molar-refractivity contribution is 0.452. The minimum Gasteiger partial charge on any atom is -0.508 e. The number of para-hydroxylation sites is 2. The van der Waals surface area contributed by atoms with E-state index < -0.39 is 17.3 Å². The van der Waals surface area contributed by atoms with E-state index in [1.807, 2.05) is 41.0 Å². The van der Waals surface area contributed by atoms with Gasteiger partial charge in [-0.2, -0.15) is 0 Å². The van der Waals surface area contributed by atoms with Gasteiger partial charge in [0.2, 0.25) is 0 Å². The van der Waals surface area contributed by atoms with Crippen molar-refractivity contribution in [2.45, 2.75) is 6.04 Å². The van der Waals surface area contributed by atoms with Gasteiger partial charge >= 0.3 is 5.69 Å². The number of hydrogen-bond acceptors (Lipinski definition) is 5. The first-order valence-electron chi connectivity index (χ1n) is 11.3. The molecule has 1 aliphatic rings. The standard InChI is InChI=1S/C27H21ClN4O4/c1-30-24-21(26(35)31(2)27(30)36)23(14-7-9-15(28)10-8-14)32-19-6-4-3-5-18(19)29-22(25(24)32)17-13-16(33)11-12-20(17)34/h3-13,22,29,33-34H,1-2H3. The number of phenols is 2. The summed E-state index contributed by atoms with van der Waals surface area (Å²) in [5, 5.41) is 25.4. The van der Waals surface area contributed by atoms with Gasteiger partial charge in [0.15, 0.2) is 0 Å². The van der Waals surface area contributed by atoms with Crippen molar-refractivity contribution in [3.05, 3.63) is 104 Å². The summed E-state index contributed by atoms with van der Waals surface area (Å²) in [4.78, 5) is 26.7. The van der Waals surface area contributed by atoms with Crippen LogP contribution in [0.15, 0.2) is 76.3 Å². The van der Waals surface area contributed by atoms with Crippen molar-refractivity contribution >= 4 is 28.2 Å². The van der Waals surface area contributed by atoms with Gasteiger partial charge in [-0.05, 0) is 48.0 Å². The SMILES string of the molecule is Cn1c(=O)c2c(-c3ccc(Cl)cc3)n3c(c2n(C)c1=O)C(c1cc(O)ccc1O)Nc1ccccc1-3. The molecule has 6 rings (SSSR count). The lowest BCUT2D eigenvalue weighted by Crippen LogP contribution is -2.37. The number of aryl methyl sites for hydroxylation is 1. The molecule has 0 saturated carbocycles. The molecule has 1 unspecified atom stereocenters. The number of aromatic nitrogens is 3. The van der Waals surface area contributed by atoms with Gasteiger partial charge in [-0.15, -0.1) is 0 Å². The van der Waals surface area contributed by atoms with Crippen LogP contribution in [-0.4, -0.2) is 23.9 Å². The summed E-state index contributed by atoms with van der Waals surface area (Å²) in [7, 11) is 3.08. The highest BCUT2D eigenvalue weighted by molar-refractivity contribution is 6.30. The van der Waals surface area contributed by atoms with E-state index in [1.54, 1.807) is 19.2 Å². The van der Waals surface area contributed by atoms with E-state index >= 15 is 0 Å². The molecule has 1 aliphatic heterocycles. The molecule has 3 aromatic carbocycles. The van der Waals surface area contributed by atoms with Crippen molar-refractivity contribution in [3.63, 3.8) is 0 Å². The summed E-state index contributed by atoms with van der Waals surface area (Å²) in [6.45, 7) is 0. The highest BCUT2D eigenvalue weighted by Gasteiger charge is 2.35. The van der Waals surface area contributed by atoms with Crippen LogP contribution in [0.5, 0.6) is 11.5 Å². The molecule has 2 aromatic heterocycles. The van der Waals surface area contributed by atoms with Gasteiger partial charge in [0.1, 0.15) is 11.5 Å². The van der Waals surface area contributed by atoms with Crippen LogP contribution >= 0.6 is 11.6 Å². The molecule has 3 heterocycles. The predicted octanol–water partition coefficient (Wildman–Crippen LogP) is 4.27. The van der Waals surface area contributed by atoms with Crippen molar-refractivity contribution in [1.82, 2.24) is 13.7 Å². The summed E-state index contributed by atoms with van der Waals surface area (Å²) in [6, 6.07) is 18.4. The first-order chi connectivity index (χ1) is 17.3.